The minimum atomic E-state index is -1.32. The van der Waals surface area contributed by atoms with Crippen molar-refractivity contribution < 1.29 is 24.3 Å². The van der Waals surface area contributed by atoms with Crippen molar-refractivity contribution in [3.8, 4) is 0 Å². The molecule has 0 aliphatic carbocycles. The maximum atomic E-state index is 11.9. The number of nitrogens with one attached hydrogen (secondary N) is 1. The summed E-state index contributed by atoms with van der Waals surface area (Å²) in [5.74, 6) is -3.43. The van der Waals surface area contributed by atoms with Crippen LogP contribution in [-0.4, -0.2) is 41.3 Å². The number of aliphatic carboxylic acids is 1. The van der Waals surface area contributed by atoms with Crippen molar-refractivity contribution in [2.75, 3.05) is 11.4 Å². The average Bonchev–Trinajstić information content (AvgIpc) is 2.62. The fourth-order valence-electron chi connectivity index (χ4n) is 2.06. The highest BCUT2D eigenvalue weighted by Gasteiger charge is 2.38. The summed E-state index contributed by atoms with van der Waals surface area (Å²) >= 11 is 5.83. The number of rotatable bonds is 4. The van der Waals surface area contributed by atoms with Crippen LogP contribution in [0.3, 0.4) is 0 Å². The van der Waals surface area contributed by atoms with Gasteiger partial charge in [-0.2, -0.15) is 0 Å². The predicted molar refractivity (Wildman–Crippen MR) is 73.4 cm³/mol. The molecule has 1 unspecified atom stereocenters. The average molecular weight is 311 g/mol. The summed E-state index contributed by atoms with van der Waals surface area (Å²) in [6.45, 7) is 0.810. The second-order valence-electron chi connectivity index (χ2n) is 4.50. The molecule has 0 bridgehead atoms. The summed E-state index contributed by atoms with van der Waals surface area (Å²) in [4.78, 5) is 46.9. The lowest BCUT2D eigenvalue weighted by molar-refractivity contribution is -0.141. The van der Waals surface area contributed by atoms with E-state index in [1.807, 2.05) is 0 Å². The summed E-state index contributed by atoms with van der Waals surface area (Å²) in [5, 5.41) is 11.6. The first-order valence-corrected chi connectivity index (χ1v) is 6.34. The molecule has 8 heteroatoms. The molecule has 0 spiro atoms. The number of nitrogens with zero attached hydrogens (tertiary/aromatic N) is 1. The van der Waals surface area contributed by atoms with Crippen LogP contribution in [0.4, 0.5) is 5.69 Å². The molecule has 0 saturated carbocycles. The Morgan fingerprint density at radius 1 is 1.38 bits per heavy atom. The molecule has 1 atom stereocenters. The summed E-state index contributed by atoms with van der Waals surface area (Å²) in [6.07, 6.45) is 0. The molecule has 0 saturated heterocycles. The van der Waals surface area contributed by atoms with Gasteiger partial charge in [0.1, 0.15) is 6.04 Å². The zero-order chi connectivity index (χ0) is 15.7. The first kappa shape index (κ1) is 15.0. The van der Waals surface area contributed by atoms with Gasteiger partial charge in [0.25, 0.3) is 11.7 Å². The molecule has 1 aromatic carbocycles. The van der Waals surface area contributed by atoms with Crippen molar-refractivity contribution in [2.24, 2.45) is 0 Å². The van der Waals surface area contributed by atoms with Crippen molar-refractivity contribution in [1.82, 2.24) is 5.32 Å². The first-order valence-electron chi connectivity index (χ1n) is 5.97. The SMILES string of the molecule is CC(=O)NC(CN1C(=O)C(=O)c2ccc(Cl)cc21)C(=O)O. The number of Topliss-reactive ketones (excluding diaryl/α,β-unsaturated/α-hetero) is 1. The van der Waals surface area contributed by atoms with E-state index in [1.54, 1.807) is 0 Å². The Morgan fingerprint density at radius 3 is 2.62 bits per heavy atom. The number of hydrogen-bond acceptors (Lipinski definition) is 4. The number of carbonyl (C=O) groups is 4. The highest BCUT2D eigenvalue weighted by Crippen LogP contribution is 2.31. The molecule has 110 valence electrons. The van der Waals surface area contributed by atoms with Gasteiger partial charge in [-0.1, -0.05) is 11.6 Å². The van der Waals surface area contributed by atoms with Crippen molar-refractivity contribution in [3.05, 3.63) is 28.8 Å². The number of benzene rings is 1. The molecule has 7 nitrogen and oxygen atoms in total. The molecule has 21 heavy (non-hydrogen) atoms. The van der Waals surface area contributed by atoms with Crippen molar-refractivity contribution in [3.63, 3.8) is 0 Å². The maximum absolute atomic E-state index is 11.9. The molecule has 1 heterocycles. The van der Waals surface area contributed by atoms with E-state index in [0.717, 1.165) is 11.8 Å². The number of halogens is 1. The summed E-state index contributed by atoms with van der Waals surface area (Å²) in [5.41, 5.74) is 0.408. The lowest BCUT2D eigenvalue weighted by atomic mass is 10.1. The predicted octanol–water partition coefficient (Wildman–Crippen LogP) is 0.459. The Balaban J connectivity index is 2.34. The number of carboxylic acid groups (broad SMARTS) is 1. The van der Waals surface area contributed by atoms with Crippen LogP contribution in [0.1, 0.15) is 17.3 Å². The number of anilines is 1. The minimum Gasteiger partial charge on any atom is -0.480 e. The van der Waals surface area contributed by atoms with Gasteiger partial charge >= 0.3 is 5.97 Å². The van der Waals surface area contributed by atoms with Gasteiger partial charge in [0.05, 0.1) is 17.8 Å². The van der Waals surface area contributed by atoms with Crippen LogP contribution in [0.15, 0.2) is 18.2 Å². The van der Waals surface area contributed by atoms with E-state index in [9.17, 15) is 19.2 Å². The van der Waals surface area contributed by atoms with Gasteiger partial charge in [-0.3, -0.25) is 14.4 Å². The third-order valence-electron chi connectivity index (χ3n) is 2.98. The van der Waals surface area contributed by atoms with Crippen molar-refractivity contribution >= 4 is 40.9 Å². The van der Waals surface area contributed by atoms with Gasteiger partial charge in [0.2, 0.25) is 5.91 Å². The van der Waals surface area contributed by atoms with E-state index >= 15 is 0 Å². The zero-order valence-corrected chi connectivity index (χ0v) is 11.7. The molecule has 0 aromatic heterocycles. The molecule has 1 aliphatic rings. The number of carboxylic acids is 1. The fraction of sp³-hybridized carbons (Fsp3) is 0.231. The van der Waals surface area contributed by atoms with Crippen LogP contribution in [-0.2, 0) is 14.4 Å². The maximum Gasteiger partial charge on any atom is 0.328 e. The van der Waals surface area contributed by atoms with Gasteiger partial charge in [0, 0.05) is 11.9 Å². The number of carbonyl (C=O) groups excluding carboxylic acids is 3. The van der Waals surface area contributed by atoms with Crippen LogP contribution >= 0.6 is 11.6 Å². The first-order chi connectivity index (χ1) is 9.81. The van der Waals surface area contributed by atoms with E-state index in [2.05, 4.69) is 5.32 Å². The molecule has 2 amide bonds. The van der Waals surface area contributed by atoms with Crippen molar-refractivity contribution in [2.45, 2.75) is 13.0 Å². The van der Waals surface area contributed by atoms with E-state index in [1.165, 1.54) is 18.2 Å². The summed E-state index contributed by atoms with van der Waals surface area (Å²) in [6, 6.07) is 2.97. The molecule has 0 radical (unpaired) electrons. The minimum absolute atomic E-state index is 0.163. The standard InChI is InChI=1S/C13H11ClN2O5/c1-6(17)15-9(13(20)21)5-16-10-4-7(14)2-3-8(10)11(18)12(16)19/h2-4,9H,5H2,1H3,(H,15,17)(H,20,21). The third kappa shape index (κ3) is 2.87. The lowest BCUT2D eigenvalue weighted by Gasteiger charge is -2.21. The van der Waals surface area contributed by atoms with Gasteiger partial charge in [0.15, 0.2) is 0 Å². The smallest absolute Gasteiger partial charge is 0.328 e. The molecule has 2 N–H and O–H groups in total. The highest BCUT2D eigenvalue weighted by molar-refractivity contribution is 6.52. The van der Waals surface area contributed by atoms with Crippen LogP contribution < -0.4 is 10.2 Å². The summed E-state index contributed by atoms with van der Waals surface area (Å²) in [7, 11) is 0. The zero-order valence-electron chi connectivity index (χ0n) is 10.9. The number of fused-ring (bicyclic) bond motifs is 1. The number of amides is 2. The van der Waals surface area contributed by atoms with Crippen molar-refractivity contribution in [1.29, 1.82) is 0 Å². The molecule has 1 aromatic rings. The Hall–Kier alpha value is -2.41. The number of hydrogen-bond donors (Lipinski definition) is 2. The second kappa shape index (κ2) is 5.53. The van der Waals surface area contributed by atoms with Crippen LogP contribution in [0.25, 0.3) is 0 Å². The van der Waals surface area contributed by atoms with E-state index < -0.39 is 29.6 Å². The molecular weight excluding hydrogens is 300 g/mol. The van der Waals surface area contributed by atoms with Crippen LogP contribution in [0, 0.1) is 0 Å². The normalized spacial score (nSPS) is 14.9. The van der Waals surface area contributed by atoms with Gasteiger partial charge in [-0.15, -0.1) is 0 Å². The second-order valence-corrected chi connectivity index (χ2v) is 4.93. The van der Waals surface area contributed by atoms with E-state index in [0.29, 0.717) is 5.02 Å². The molecule has 0 fully saturated rings. The Labute approximate surface area is 124 Å². The monoisotopic (exact) mass is 310 g/mol. The highest BCUT2D eigenvalue weighted by atomic mass is 35.5. The van der Waals surface area contributed by atoms with Crippen LogP contribution in [0.5, 0.6) is 0 Å². The topological polar surface area (TPSA) is 104 Å². The molecular formula is C13H11ClN2O5. The van der Waals surface area contributed by atoms with E-state index in [4.69, 9.17) is 16.7 Å². The molecule has 2 rings (SSSR count). The largest absolute Gasteiger partial charge is 0.480 e. The third-order valence-corrected chi connectivity index (χ3v) is 3.21. The Kier molecular flexibility index (Phi) is 3.95. The summed E-state index contributed by atoms with van der Waals surface area (Å²) < 4.78 is 0. The quantitative estimate of drug-likeness (QED) is 0.786. The van der Waals surface area contributed by atoms with Gasteiger partial charge in [-0.05, 0) is 18.2 Å². The number of ketones is 1. The van der Waals surface area contributed by atoms with Gasteiger partial charge < -0.3 is 15.3 Å². The van der Waals surface area contributed by atoms with E-state index in [-0.39, 0.29) is 17.8 Å². The van der Waals surface area contributed by atoms with Gasteiger partial charge in [-0.25, -0.2) is 4.79 Å². The lowest BCUT2D eigenvalue weighted by Crippen LogP contribution is -2.49. The fourth-order valence-corrected chi connectivity index (χ4v) is 2.23. The Morgan fingerprint density at radius 2 is 2.05 bits per heavy atom. The Bertz CT molecular complexity index is 658. The van der Waals surface area contributed by atoms with Crippen LogP contribution in [0.2, 0.25) is 5.02 Å². The molecule has 1 aliphatic heterocycles.